The molecule has 1 aromatic rings. The number of carbonyl (C=O) groups is 2. The Balaban J connectivity index is 1.78. The summed E-state index contributed by atoms with van der Waals surface area (Å²) < 4.78 is 1.89. The molecule has 6 heteroatoms. The van der Waals surface area contributed by atoms with Crippen molar-refractivity contribution in [3.05, 3.63) is 18.7 Å². The number of aromatic nitrogens is 2. The lowest BCUT2D eigenvalue weighted by molar-refractivity contribution is -0.140. The number of rotatable bonds is 7. The predicted molar refractivity (Wildman–Crippen MR) is 73.0 cm³/mol. The number of carboxylic acids is 1. The van der Waals surface area contributed by atoms with E-state index in [9.17, 15) is 9.59 Å². The molecule has 2 rings (SSSR count). The quantitative estimate of drug-likeness (QED) is 0.790. The molecule has 0 saturated heterocycles. The fraction of sp³-hybridized carbons (Fsp3) is 0.643. The molecule has 6 nitrogen and oxygen atoms in total. The third kappa shape index (κ3) is 4.08. The first-order valence-electron chi connectivity index (χ1n) is 7.04. The van der Waals surface area contributed by atoms with E-state index in [1.807, 2.05) is 10.8 Å². The lowest BCUT2D eigenvalue weighted by Crippen LogP contribution is -2.33. The molecule has 1 saturated carbocycles. The molecule has 0 aliphatic heterocycles. The molecule has 0 spiro atoms. The van der Waals surface area contributed by atoms with Crippen LogP contribution in [0.2, 0.25) is 0 Å². The van der Waals surface area contributed by atoms with Gasteiger partial charge in [-0.3, -0.25) is 9.59 Å². The van der Waals surface area contributed by atoms with Gasteiger partial charge in [-0.05, 0) is 18.3 Å². The average Bonchev–Trinajstić information content (AvgIpc) is 3.00. The van der Waals surface area contributed by atoms with Crippen LogP contribution in [0.3, 0.4) is 0 Å². The van der Waals surface area contributed by atoms with E-state index in [2.05, 4.69) is 10.3 Å². The Morgan fingerprint density at radius 2 is 2.05 bits per heavy atom. The van der Waals surface area contributed by atoms with Crippen LogP contribution in [0.4, 0.5) is 0 Å². The van der Waals surface area contributed by atoms with E-state index < -0.39 is 5.97 Å². The van der Waals surface area contributed by atoms with Gasteiger partial charge < -0.3 is 15.0 Å². The van der Waals surface area contributed by atoms with Crippen LogP contribution in [0.25, 0.3) is 0 Å². The summed E-state index contributed by atoms with van der Waals surface area (Å²) >= 11 is 0. The molecule has 1 fully saturated rings. The fourth-order valence-electron chi connectivity index (χ4n) is 3.01. The molecule has 110 valence electrons. The maximum absolute atomic E-state index is 12.0. The van der Waals surface area contributed by atoms with Gasteiger partial charge in [-0.1, -0.05) is 12.8 Å². The summed E-state index contributed by atoms with van der Waals surface area (Å²) in [4.78, 5) is 26.9. The molecule has 1 heterocycles. The van der Waals surface area contributed by atoms with E-state index in [0.29, 0.717) is 19.5 Å². The maximum atomic E-state index is 12.0. The minimum atomic E-state index is -0.807. The van der Waals surface area contributed by atoms with Crippen molar-refractivity contribution in [1.29, 1.82) is 0 Å². The number of hydrogen-bond donors (Lipinski definition) is 2. The number of amides is 1. The molecule has 0 radical (unpaired) electrons. The largest absolute Gasteiger partial charge is 0.481 e. The highest BCUT2D eigenvalue weighted by Gasteiger charge is 2.37. The topological polar surface area (TPSA) is 84.2 Å². The van der Waals surface area contributed by atoms with Gasteiger partial charge in [0.05, 0.1) is 12.7 Å². The molecular formula is C14H21N3O3. The van der Waals surface area contributed by atoms with E-state index >= 15 is 0 Å². The Labute approximate surface area is 118 Å². The van der Waals surface area contributed by atoms with Crippen LogP contribution in [-0.2, 0) is 16.1 Å². The molecule has 0 bridgehead atoms. The summed E-state index contributed by atoms with van der Waals surface area (Å²) in [7, 11) is 0. The second-order valence-electron chi connectivity index (χ2n) is 5.60. The third-order valence-electron chi connectivity index (χ3n) is 3.98. The molecule has 1 amide bonds. The van der Waals surface area contributed by atoms with E-state index in [0.717, 1.165) is 25.7 Å². The molecular weight excluding hydrogens is 258 g/mol. The first-order chi connectivity index (χ1) is 9.60. The summed E-state index contributed by atoms with van der Waals surface area (Å²) in [5, 5.41) is 11.9. The Morgan fingerprint density at radius 1 is 1.30 bits per heavy atom. The molecule has 1 aromatic heterocycles. The van der Waals surface area contributed by atoms with Gasteiger partial charge in [-0.25, -0.2) is 4.98 Å². The van der Waals surface area contributed by atoms with Crippen LogP contribution in [0, 0.1) is 5.41 Å². The normalized spacial score (nSPS) is 17.0. The first kappa shape index (κ1) is 14.6. The van der Waals surface area contributed by atoms with Gasteiger partial charge >= 0.3 is 5.97 Å². The standard InChI is InChI=1S/C14H21N3O3/c18-12(16-6-8-17-7-5-15-11-17)9-14(10-13(19)20)3-1-2-4-14/h5,7,11H,1-4,6,8-10H2,(H,16,18)(H,19,20). The lowest BCUT2D eigenvalue weighted by atomic mass is 9.79. The van der Waals surface area contributed by atoms with Crippen molar-refractivity contribution in [2.24, 2.45) is 5.41 Å². The summed E-state index contributed by atoms with van der Waals surface area (Å²) in [6.45, 7) is 1.22. The second-order valence-corrected chi connectivity index (χ2v) is 5.60. The number of nitrogens with one attached hydrogen (secondary N) is 1. The van der Waals surface area contributed by atoms with Crippen molar-refractivity contribution in [2.75, 3.05) is 6.54 Å². The maximum Gasteiger partial charge on any atom is 0.303 e. The van der Waals surface area contributed by atoms with E-state index in [-0.39, 0.29) is 17.7 Å². The van der Waals surface area contributed by atoms with Crippen molar-refractivity contribution in [1.82, 2.24) is 14.9 Å². The molecule has 0 aromatic carbocycles. The Morgan fingerprint density at radius 3 is 2.65 bits per heavy atom. The smallest absolute Gasteiger partial charge is 0.303 e. The van der Waals surface area contributed by atoms with Crippen LogP contribution in [-0.4, -0.2) is 33.1 Å². The van der Waals surface area contributed by atoms with Crippen LogP contribution < -0.4 is 5.32 Å². The molecule has 2 N–H and O–H groups in total. The summed E-state index contributed by atoms with van der Waals surface area (Å²) in [5.41, 5.74) is -0.328. The molecule has 1 aliphatic rings. The van der Waals surface area contributed by atoms with Crippen LogP contribution in [0.5, 0.6) is 0 Å². The average molecular weight is 279 g/mol. The van der Waals surface area contributed by atoms with Gasteiger partial charge in [0.15, 0.2) is 0 Å². The summed E-state index contributed by atoms with van der Waals surface area (Å²) in [5.74, 6) is -0.855. The van der Waals surface area contributed by atoms with E-state index in [1.165, 1.54) is 0 Å². The monoisotopic (exact) mass is 279 g/mol. The SMILES string of the molecule is O=C(O)CC1(CC(=O)NCCn2ccnc2)CCCC1. The third-order valence-corrected chi connectivity index (χ3v) is 3.98. The van der Waals surface area contributed by atoms with Gasteiger partial charge in [0.25, 0.3) is 0 Å². The zero-order valence-corrected chi connectivity index (χ0v) is 11.5. The van der Waals surface area contributed by atoms with Crippen LogP contribution >= 0.6 is 0 Å². The Hall–Kier alpha value is -1.85. The number of carbonyl (C=O) groups excluding carboxylic acids is 1. The van der Waals surface area contributed by atoms with Gasteiger partial charge in [0, 0.05) is 31.9 Å². The second kappa shape index (κ2) is 6.54. The lowest BCUT2D eigenvalue weighted by Gasteiger charge is -2.26. The minimum absolute atomic E-state index is 0.0479. The van der Waals surface area contributed by atoms with Crippen molar-refractivity contribution >= 4 is 11.9 Å². The first-order valence-corrected chi connectivity index (χ1v) is 7.04. The molecule has 20 heavy (non-hydrogen) atoms. The minimum Gasteiger partial charge on any atom is -0.481 e. The zero-order valence-electron chi connectivity index (χ0n) is 11.5. The van der Waals surface area contributed by atoms with Gasteiger partial charge in [0.2, 0.25) is 5.91 Å². The van der Waals surface area contributed by atoms with Gasteiger partial charge in [-0.15, -0.1) is 0 Å². The van der Waals surface area contributed by atoms with Gasteiger partial charge in [-0.2, -0.15) is 0 Å². The highest BCUT2D eigenvalue weighted by molar-refractivity contribution is 5.78. The van der Waals surface area contributed by atoms with E-state index in [1.54, 1.807) is 12.5 Å². The number of imidazole rings is 1. The molecule has 0 unspecified atom stereocenters. The number of aliphatic carboxylic acids is 1. The van der Waals surface area contributed by atoms with Crippen LogP contribution in [0.15, 0.2) is 18.7 Å². The Bertz CT molecular complexity index is 450. The predicted octanol–water partition coefficient (Wildman–Crippen LogP) is 1.42. The zero-order chi connectivity index (χ0) is 14.4. The highest BCUT2D eigenvalue weighted by atomic mass is 16.4. The molecule has 0 atom stereocenters. The van der Waals surface area contributed by atoms with Crippen molar-refractivity contribution in [2.45, 2.75) is 45.1 Å². The molecule has 1 aliphatic carbocycles. The van der Waals surface area contributed by atoms with Crippen molar-refractivity contribution in [3.63, 3.8) is 0 Å². The summed E-state index contributed by atoms with van der Waals surface area (Å²) in [6.07, 6.45) is 9.39. The summed E-state index contributed by atoms with van der Waals surface area (Å²) in [6, 6.07) is 0. The van der Waals surface area contributed by atoms with Crippen molar-refractivity contribution < 1.29 is 14.7 Å². The van der Waals surface area contributed by atoms with Gasteiger partial charge in [0.1, 0.15) is 0 Å². The van der Waals surface area contributed by atoms with Crippen LogP contribution in [0.1, 0.15) is 38.5 Å². The fourth-order valence-corrected chi connectivity index (χ4v) is 3.01. The number of carboxylic acid groups (broad SMARTS) is 1. The Kier molecular flexibility index (Phi) is 4.76. The number of nitrogens with zero attached hydrogens (tertiary/aromatic N) is 2. The van der Waals surface area contributed by atoms with E-state index in [4.69, 9.17) is 5.11 Å². The van der Waals surface area contributed by atoms with Crippen molar-refractivity contribution in [3.8, 4) is 0 Å². The number of hydrogen-bond acceptors (Lipinski definition) is 3. The highest BCUT2D eigenvalue weighted by Crippen LogP contribution is 2.43.